The first-order valence-corrected chi connectivity index (χ1v) is 6.63. The van der Waals surface area contributed by atoms with Gasteiger partial charge in [0.1, 0.15) is 18.4 Å². The van der Waals surface area contributed by atoms with Crippen molar-refractivity contribution in [2.45, 2.75) is 45.8 Å². The predicted molar refractivity (Wildman–Crippen MR) is 79.2 cm³/mol. The van der Waals surface area contributed by atoms with Crippen LogP contribution in [0.1, 0.15) is 34.6 Å². The standard InChI is InChI=1S/C13H22N4O5/c1-8-13(9(2)15-20-7,10(18)17(6)14-8)22-16-11(19)21-12(3,4)5/h1-7H3,(H,16,19)/b15-9+. The Kier molecular flexibility index (Phi) is 5.13. The fourth-order valence-electron chi connectivity index (χ4n) is 1.95. The Balaban J connectivity index is 3.01. The molecule has 0 radical (unpaired) electrons. The largest absolute Gasteiger partial charge is 0.442 e. The highest BCUT2D eigenvalue weighted by molar-refractivity contribution is 6.31. The molecule has 1 rings (SSSR count). The maximum absolute atomic E-state index is 12.4. The number of amides is 2. The van der Waals surface area contributed by atoms with E-state index in [9.17, 15) is 9.59 Å². The first-order valence-electron chi connectivity index (χ1n) is 6.63. The molecule has 0 aromatic heterocycles. The van der Waals surface area contributed by atoms with Crippen LogP contribution in [0.15, 0.2) is 10.3 Å². The minimum atomic E-state index is -1.65. The van der Waals surface area contributed by atoms with Gasteiger partial charge >= 0.3 is 6.09 Å². The van der Waals surface area contributed by atoms with Gasteiger partial charge in [0.15, 0.2) is 0 Å². The maximum atomic E-state index is 12.4. The molecule has 0 spiro atoms. The van der Waals surface area contributed by atoms with Crippen LogP contribution < -0.4 is 5.48 Å². The monoisotopic (exact) mass is 314 g/mol. The van der Waals surface area contributed by atoms with E-state index in [1.807, 2.05) is 0 Å². The summed E-state index contributed by atoms with van der Waals surface area (Å²) in [6.45, 7) is 8.26. The highest BCUT2D eigenvalue weighted by atomic mass is 16.7. The van der Waals surface area contributed by atoms with Gasteiger partial charge in [0.2, 0.25) is 0 Å². The second kappa shape index (κ2) is 6.30. The van der Waals surface area contributed by atoms with Crippen LogP contribution in [0.25, 0.3) is 0 Å². The highest BCUT2D eigenvalue weighted by Crippen LogP contribution is 2.25. The number of carbonyl (C=O) groups excluding carboxylic acids is 2. The first kappa shape index (κ1) is 17.9. The summed E-state index contributed by atoms with van der Waals surface area (Å²) >= 11 is 0. The molecule has 0 aromatic carbocycles. The molecule has 9 heteroatoms. The molecule has 0 bridgehead atoms. The van der Waals surface area contributed by atoms with Gasteiger partial charge < -0.3 is 9.57 Å². The molecule has 1 atom stereocenters. The number of nitrogens with one attached hydrogen (secondary N) is 1. The molecule has 1 N–H and O–H groups in total. The Morgan fingerprint density at radius 3 is 2.41 bits per heavy atom. The smallest absolute Gasteiger partial charge is 0.431 e. The number of nitrogens with zero attached hydrogens (tertiary/aromatic N) is 3. The summed E-state index contributed by atoms with van der Waals surface area (Å²) in [6, 6.07) is 0. The summed E-state index contributed by atoms with van der Waals surface area (Å²) in [5.74, 6) is -0.501. The topological polar surface area (TPSA) is 102 Å². The number of hydrazone groups is 1. The molecular formula is C13H22N4O5. The number of carbonyl (C=O) groups is 2. The third-order valence-corrected chi connectivity index (χ3v) is 2.83. The van der Waals surface area contributed by atoms with E-state index in [2.05, 4.69) is 15.7 Å². The zero-order valence-corrected chi connectivity index (χ0v) is 13.9. The van der Waals surface area contributed by atoms with E-state index >= 15 is 0 Å². The van der Waals surface area contributed by atoms with Crippen molar-refractivity contribution in [1.29, 1.82) is 0 Å². The molecule has 9 nitrogen and oxygen atoms in total. The van der Waals surface area contributed by atoms with E-state index in [4.69, 9.17) is 14.4 Å². The Morgan fingerprint density at radius 1 is 1.41 bits per heavy atom. The highest BCUT2D eigenvalue weighted by Gasteiger charge is 2.54. The summed E-state index contributed by atoms with van der Waals surface area (Å²) < 4.78 is 5.07. The lowest BCUT2D eigenvalue weighted by atomic mass is 9.93. The molecule has 1 unspecified atom stereocenters. The molecule has 0 fully saturated rings. The van der Waals surface area contributed by atoms with Gasteiger partial charge in [-0.1, -0.05) is 5.16 Å². The third-order valence-electron chi connectivity index (χ3n) is 2.83. The minimum absolute atomic E-state index is 0.196. The maximum Gasteiger partial charge on any atom is 0.431 e. The van der Waals surface area contributed by atoms with Gasteiger partial charge in [-0.3, -0.25) is 4.79 Å². The van der Waals surface area contributed by atoms with E-state index in [1.165, 1.54) is 21.1 Å². The van der Waals surface area contributed by atoms with Crippen LogP contribution in [-0.2, 0) is 19.2 Å². The van der Waals surface area contributed by atoms with Crippen LogP contribution in [0, 0.1) is 0 Å². The molecule has 2 amide bonds. The average Bonchev–Trinajstić information content (AvgIpc) is 2.57. The van der Waals surface area contributed by atoms with E-state index < -0.39 is 23.2 Å². The van der Waals surface area contributed by atoms with Crippen molar-refractivity contribution in [3.63, 3.8) is 0 Å². The van der Waals surface area contributed by atoms with Crippen LogP contribution in [-0.4, -0.2) is 53.8 Å². The third kappa shape index (κ3) is 3.53. The van der Waals surface area contributed by atoms with Crippen molar-refractivity contribution in [1.82, 2.24) is 10.5 Å². The predicted octanol–water partition coefficient (Wildman–Crippen LogP) is 1.05. The van der Waals surface area contributed by atoms with E-state index in [-0.39, 0.29) is 5.71 Å². The second-order valence-electron chi connectivity index (χ2n) is 5.76. The van der Waals surface area contributed by atoms with Gasteiger partial charge in [0, 0.05) is 7.05 Å². The number of hydroxylamine groups is 1. The Bertz CT molecular complexity index is 523. The first-order chi connectivity index (χ1) is 10.0. The summed E-state index contributed by atoms with van der Waals surface area (Å²) in [5.41, 5.74) is 0.277. The molecule has 124 valence electrons. The molecule has 1 aliphatic heterocycles. The van der Waals surface area contributed by atoms with Crippen LogP contribution in [0.4, 0.5) is 4.79 Å². The quantitative estimate of drug-likeness (QED) is 0.617. The number of rotatable bonds is 4. The average molecular weight is 314 g/mol. The van der Waals surface area contributed by atoms with Crippen LogP contribution >= 0.6 is 0 Å². The minimum Gasteiger partial charge on any atom is -0.442 e. The van der Waals surface area contributed by atoms with E-state index in [0.29, 0.717) is 5.71 Å². The van der Waals surface area contributed by atoms with Gasteiger partial charge in [0.05, 0.1) is 5.71 Å². The lowest BCUT2D eigenvalue weighted by Gasteiger charge is -2.27. The van der Waals surface area contributed by atoms with Gasteiger partial charge in [-0.25, -0.2) is 14.6 Å². The van der Waals surface area contributed by atoms with Crippen molar-refractivity contribution in [2.24, 2.45) is 10.3 Å². The number of hydrogen-bond donors (Lipinski definition) is 1. The van der Waals surface area contributed by atoms with Crippen molar-refractivity contribution in [3.8, 4) is 0 Å². The molecule has 1 aliphatic rings. The van der Waals surface area contributed by atoms with E-state index in [0.717, 1.165) is 5.01 Å². The fourth-order valence-corrected chi connectivity index (χ4v) is 1.95. The lowest BCUT2D eigenvalue weighted by Crippen LogP contribution is -2.57. The van der Waals surface area contributed by atoms with E-state index in [1.54, 1.807) is 27.7 Å². The number of oxime groups is 1. The lowest BCUT2D eigenvalue weighted by molar-refractivity contribution is -0.144. The molecular weight excluding hydrogens is 292 g/mol. The van der Waals surface area contributed by atoms with Crippen LogP contribution in [0.5, 0.6) is 0 Å². The molecule has 0 aromatic rings. The fraction of sp³-hybridized carbons (Fsp3) is 0.692. The van der Waals surface area contributed by atoms with Gasteiger partial charge in [-0.15, -0.1) is 0 Å². The normalized spacial score (nSPS) is 22.5. The number of likely N-dealkylation sites (N-methyl/N-ethyl adjacent to an activating group) is 1. The zero-order chi connectivity index (χ0) is 17.1. The zero-order valence-electron chi connectivity index (χ0n) is 13.9. The second-order valence-corrected chi connectivity index (χ2v) is 5.76. The molecule has 0 saturated carbocycles. The van der Waals surface area contributed by atoms with Crippen molar-refractivity contribution in [3.05, 3.63) is 0 Å². The summed E-state index contributed by atoms with van der Waals surface area (Å²) in [4.78, 5) is 34.2. The Labute approximate surface area is 129 Å². The molecule has 1 heterocycles. The molecule has 22 heavy (non-hydrogen) atoms. The number of hydrogen-bond acceptors (Lipinski definition) is 7. The van der Waals surface area contributed by atoms with Crippen LogP contribution in [0.2, 0.25) is 0 Å². The van der Waals surface area contributed by atoms with Crippen molar-refractivity contribution < 1.29 is 24.0 Å². The van der Waals surface area contributed by atoms with Gasteiger partial charge in [0.25, 0.3) is 11.5 Å². The number of ether oxygens (including phenoxy) is 1. The van der Waals surface area contributed by atoms with Gasteiger partial charge in [-0.2, -0.15) is 10.6 Å². The summed E-state index contributed by atoms with van der Waals surface area (Å²) in [5, 5.41) is 8.88. The van der Waals surface area contributed by atoms with Crippen molar-refractivity contribution >= 4 is 23.4 Å². The Morgan fingerprint density at radius 2 is 2.00 bits per heavy atom. The summed E-state index contributed by atoms with van der Waals surface area (Å²) in [7, 11) is 2.82. The summed E-state index contributed by atoms with van der Waals surface area (Å²) in [6.07, 6.45) is -0.827. The molecule has 0 saturated heterocycles. The Hall–Kier alpha value is -2.16. The SMILES string of the molecule is CO/N=C(\C)C1(ONC(=O)OC(C)(C)C)C(=O)N(C)N=C1C. The van der Waals surface area contributed by atoms with Crippen LogP contribution in [0.3, 0.4) is 0 Å². The van der Waals surface area contributed by atoms with Crippen molar-refractivity contribution in [2.75, 3.05) is 14.2 Å². The molecule has 0 aliphatic carbocycles. The van der Waals surface area contributed by atoms with Gasteiger partial charge in [-0.05, 0) is 34.6 Å².